The first-order valence-corrected chi connectivity index (χ1v) is 12.3. The van der Waals surface area contributed by atoms with Gasteiger partial charge in [0.1, 0.15) is 6.61 Å². The Labute approximate surface area is 207 Å². The second-order valence-corrected chi connectivity index (χ2v) is 9.89. The summed E-state index contributed by atoms with van der Waals surface area (Å²) in [6.45, 7) is 7.92. The number of aliphatic carboxylic acids is 1. The molecular weight excluding hydrogens is 444 g/mol. The summed E-state index contributed by atoms with van der Waals surface area (Å²) in [4.78, 5) is 36.2. The Hall–Kier alpha value is -3.35. The van der Waals surface area contributed by atoms with Crippen molar-refractivity contribution in [1.82, 2.24) is 10.6 Å². The summed E-state index contributed by atoms with van der Waals surface area (Å²) >= 11 is 0. The highest BCUT2D eigenvalue weighted by molar-refractivity contribution is 5.79. The zero-order valence-electron chi connectivity index (χ0n) is 20.9. The maximum Gasteiger partial charge on any atom is 0.407 e. The molecule has 3 N–H and O–H groups in total. The maximum atomic E-state index is 12.5. The van der Waals surface area contributed by atoms with E-state index in [0.29, 0.717) is 12.5 Å². The first kappa shape index (κ1) is 26.3. The molecule has 0 aromatic heterocycles. The fourth-order valence-electron chi connectivity index (χ4n) is 4.70. The van der Waals surface area contributed by atoms with E-state index in [0.717, 1.165) is 17.5 Å². The lowest BCUT2D eigenvalue weighted by molar-refractivity contribution is -0.142. The van der Waals surface area contributed by atoms with Gasteiger partial charge in [-0.3, -0.25) is 9.59 Å². The number of hydrogen-bond acceptors (Lipinski definition) is 4. The van der Waals surface area contributed by atoms with E-state index in [1.165, 1.54) is 11.1 Å². The molecule has 35 heavy (non-hydrogen) atoms. The smallest absolute Gasteiger partial charge is 0.407 e. The largest absolute Gasteiger partial charge is 0.481 e. The van der Waals surface area contributed by atoms with Gasteiger partial charge < -0.3 is 20.5 Å². The van der Waals surface area contributed by atoms with Crippen LogP contribution in [0.4, 0.5) is 4.79 Å². The van der Waals surface area contributed by atoms with Crippen molar-refractivity contribution in [2.24, 2.45) is 17.8 Å². The average molecular weight is 481 g/mol. The van der Waals surface area contributed by atoms with Crippen LogP contribution in [0.2, 0.25) is 0 Å². The Morgan fingerprint density at radius 3 is 2.06 bits per heavy atom. The van der Waals surface area contributed by atoms with Crippen LogP contribution in [-0.2, 0) is 14.3 Å². The molecule has 0 heterocycles. The van der Waals surface area contributed by atoms with Crippen molar-refractivity contribution in [2.45, 2.75) is 52.5 Å². The molecule has 2 aromatic carbocycles. The van der Waals surface area contributed by atoms with Crippen molar-refractivity contribution >= 4 is 18.0 Å². The minimum absolute atomic E-state index is 0.0110. The Kier molecular flexibility index (Phi) is 8.90. The van der Waals surface area contributed by atoms with E-state index < -0.39 is 24.0 Å². The van der Waals surface area contributed by atoms with Crippen LogP contribution in [0.3, 0.4) is 0 Å². The van der Waals surface area contributed by atoms with Gasteiger partial charge in [-0.15, -0.1) is 0 Å². The molecule has 2 unspecified atom stereocenters. The molecule has 0 spiro atoms. The van der Waals surface area contributed by atoms with Crippen LogP contribution in [0, 0.1) is 17.8 Å². The molecular formula is C28H36N2O5. The van der Waals surface area contributed by atoms with Crippen molar-refractivity contribution in [3.63, 3.8) is 0 Å². The lowest BCUT2D eigenvalue weighted by atomic mass is 9.93. The highest BCUT2D eigenvalue weighted by atomic mass is 16.5. The summed E-state index contributed by atoms with van der Waals surface area (Å²) in [5.41, 5.74) is 4.65. The molecule has 3 atom stereocenters. The third kappa shape index (κ3) is 6.84. The highest BCUT2D eigenvalue weighted by Gasteiger charge is 2.29. The standard InChI is InChI=1S/C28H36N2O5/c1-17(2)13-20(14-26(31)30-19(4)18(3)27(32)33)15-29-28(34)35-16-25-23-11-7-5-9-21(23)22-10-6-8-12-24(22)25/h5-12,17-20,25H,13-16H2,1-4H3,(H,29,34)(H,30,31)(H,32,33)/t18?,19?,20-/m0/s1. The molecule has 7 nitrogen and oxygen atoms in total. The van der Waals surface area contributed by atoms with Crippen molar-refractivity contribution in [3.8, 4) is 11.1 Å². The second-order valence-electron chi connectivity index (χ2n) is 9.89. The number of amides is 2. The van der Waals surface area contributed by atoms with Crippen LogP contribution in [0.1, 0.15) is 57.6 Å². The Morgan fingerprint density at radius 2 is 1.51 bits per heavy atom. The predicted molar refractivity (Wildman–Crippen MR) is 135 cm³/mol. The normalized spacial score (nSPS) is 15.0. The number of carboxylic acids is 1. The van der Waals surface area contributed by atoms with Gasteiger partial charge in [-0.1, -0.05) is 62.4 Å². The van der Waals surface area contributed by atoms with Gasteiger partial charge in [-0.25, -0.2) is 4.79 Å². The van der Waals surface area contributed by atoms with Crippen LogP contribution < -0.4 is 10.6 Å². The predicted octanol–water partition coefficient (Wildman–Crippen LogP) is 4.80. The first-order valence-electron chi connectivity index (χ1n) is 12.3. The SMILES string of the molecule is CC(C)C[C@H](CNC(=O)OCC1c2ccccc2-c2ccccc21)CC(=O)NC(C)C(C)C(=O)O. The maximum absolute atomic E-state index is 12.5. The zero-order chi connectivity index (χ0) is 25.5. The van der Waals surface area contributed by atoms with Gasteiger partial charge in [0, 0.05) is 24.9 Å². The van der Waals surface area contributed by atoms with E-state index >= 15 is 0 Å². The van der Waals surface area contributed by atoms with Crippen molar-refractivity contribution in [3.05, 3.63) is 59.7 Å². The molecule has 1 aliphatic carbocycles. The molecule has 1 aliphatic rings. The van der Waals surface area contributed by atoms with Gasteiger partial charge in [-0.2, -0.15) is 0 Å². The fourth-order valence-corrected chi connectivity index (χ4v) is 4.70. The van der Waals surface area contributed by atoms with Gasteiger partial charge in [0.25, 0.3) is 0 Å². The number of carbonyl (C=O) groups is 3. The number of alkyl carbamates (subject to hydrolysis) is 1. The number of hydrogen-bond donors (Lipinski definition) is 3. The Balaban J connectivity index is 1.54. The molecule has 2 aromatic rings. The van der Waals surface area contributed by atoms with Gasteiger partial charge >= 0.3 is 12.1 Å². The molecule has 0 aliphatic heterocycles. The molecule has 188 valence electrons. The highest BCUT2D eigenvalue weighted by Crippen LogP contribution is 2.44. The van der Waals surface area contributed by atoms with E-state index in [2.05, 4.69) is 48.7 Å². The van der Waals surface area contributed by atoms with E-state index in [9.17, 15) is 14.4 Å². The summed E-state index contributed by atoms with van der Waals surface area (Å²) in [5, 5.41) is 14.7. The van der Waals surface area contributed by atoms with Gasteiger partial charge in [0.05, 0.1) is 5.92 Å². The fraction of sp³-hybridized carbons (Fsp3) is 0.464. The monoisotopic (exact) mass is 480 g/mol. The van der Waals surface area contributed by atoms with Gasteiger partial charge in [0.2, 0.25) is 5.91 Å². The van der Waals surface area contributed by atoms with Crippen molar-refractivity contribution in [1.29, 1.82) is 0 Å². The summed E-state index contributed by atoms with van der Waals surface area (Å²) in [7, 11) is 0. The Morgan fingerprint density at radius 1 is 0.943 bits per heavy atom. The molecule has 0 saturated carbocycles. The third-order valence-corrected chi connectivity index (χ3v) is 6.69. The number of carbonyl (C=O) groups excluding carboxylic acids is 2. The molecule has 7 heteroatoms. The number of carboxylic acid groups (broad SMARTS) is 1. The molecule has 0 radical (unpaired) electrons. The lowest BCUT2D eigenvalue weighted by Crippen LogP contribution is -2.41. The molecule has 0 bridgehead atoms. The van der Waals surface area contributed by atoms with Crippen LogP contribution in [0.25, 0.3) is 11.1 Å². The molecule has 0 saturated heterocycles. The summed E-state index contributed by atoms with van der Waals surface area (Å²) < 4.78 is 5.61. The van der Waals surface area contributed by atoms with Gasteiger partial charge in [-0.05, 0) is 54.4 Å². The van der Waals surface area contributed by atoms with Crippen LogP contribution in [0.15, 0.2) is 48.5 Å². The molecule has 0 fully saturated rings. The lowest BCUT2D eigenvalue weighted by Gasteiger charge is -2.22. The summed E-state index contributed by atoms with van der Waals surface area (Å²) in [6, 6.07) is 15.9. The van der Waals surface area contributed by atoms with Crippen LogP contribution >= 0.6 is 0 Å². The summed E-state index contributed by atoms with van der Waals surface area (Å²) in [5.74, 6) is -1.60. The van der Waals surface area contributed by atoms with E-state index in [1.807, 2.05) is 24.3 Å². The second kappa shape index (κ2) is 11.9. The van der Waals surface area contributed by atoms with E-state index in [-0.39, 0.29) is 30.8 Å². The first-order chi connectivity index (χ1) is 16.7. The zero-order valence-corrected chi connectivity index (χ0v) is 20.9. The number of rotatable bonds is 11. The van der Waals surface area contributed by atoms with Crippen LogP contribution in [-0.4, -0.2) is 42.3 Å². The minimum atomic E-state index is -0.951. The number of nitrogens with one attached hydrogen (secondary N) is 2. The van der Waals surface area contributed by atoms with Crippen molar-refractivity contribution < 1.29 is 24.2 Å². The van der Waals surface area contributed by atoms with Crippen LogP contribution in [0.5, 0.6) is 0 Å². The minimum Gasteiger partial charge on any atom is -0.481 e. The number of fused-ring (bicyclic) bond motifs is 3. The topological polar surface area (TPSA) is 105 Å². The van der Waals surface area contributed by atoms with E-state index in [1.54, 1.807) is 13.8 Å². The number of ether oxygens (including phenoxy) is 1. The average Bonchev–Trinajstić information content (AvgIpc) is 3.14. The molecule has 2 amide bonds. The number of benzene rings is 2. The summed E-state index contributed by atoms with van der Waals surface area (Å²) in [6.07, 6.45) is 0.451. The van der Waals surface area contributed by atoms with Gasteiger partial charge in [0.15, 0.2) is 0 Å². The molecule has 3 rings (SSSR count). The Bertz CT molecular complexity index is 1010. The third-order valence-electron chi connectivity index (χ3n) is 6.69. The quantitative estimate of drug-likeness (QED) is 0.428. The van der Waals surface area contributed by atoms with E-state index in [4.69, 9.17) is 9.84 Å². The van der Waals surface area contributed by atoms with Crippen molar-refractivity contribution in [2.75, 3.05) is 13.2 Å².